The summed E-state index contributed by atoms with van der Waals surface area (Å²) in [5, 5.41) is 0. The maximum absolute atomic E-state index is 2.47. The van der Waals surface area contributed by atoms with Crippen molar-refractivity contribution in [3.05, 3.63) is 0 Å². The molecule has 1 aliphatic rings. The average molecular weight is 196 g/mol. The second-order valence-electron chi connectivity index (χ2n) is 6.27. The van der Waals surface area contributed by atoms with Crippen LogP contribution in [0, 0.1) is 23.2 Å². The zero-order valence-electron chi connectivity index (χ0n) is 10.8. The summed E-state index contributed by atoms with van der Waals surface area (Å²) in [7, 11) is 0. The summed E-state index contributed by atoms with van der Waals surface area (Å²) in [6.07, 6.45) is 7.18. The van der Waals surface area contributed by atoms with E-state index in [1.807, 2.05) is 0 Å². The number of rotatable bonds is 3. The Hall–Kier alpha value is 0. The Bertz CT molecular complexity index is 169. The van der Waals surface area contributed by atoms with Gasteiger partial charge in [-0.05, 0) is 36.0 Å². The molecule has 14 heavy (non-hydrogen) atoms. The molecule has 0 amide bonds. The summed E-state index contributed by atoms with van der Waals surface area (Å²) in [4.78, 5) is 0. The molecule has 84 valence electrons. The van der Waals surface area contributed by atoms with Crippen LogP contribution in [0.2, 0.25) is 0 Å². The first-order valence-electron chi connectivity index (χ1n) is 6.46. The van der Waals surface area contributed by atoms with Crippen LogP contribution in [-0.4, -0.2) is 0 Å². The van der Waals surface area contributed by atoms with Crippen molar-refractivity contribution < 1.29 is 0 Å². The van der Waals surface area contributed by atoms with Gasteiger partial charge in [-0.1, -0.05) is 53.9 Å². The fourth-order valence-electron chi connectivity index (χ4n) is 3.04. The minimum Gasteiger partial charge on any atom is -0.0651 e. The molecule has 0 aromatic rings. The molecule has 1 rings (SSSR count). The normalized spacial score (nSPS) is 31.1. The van der Waals surface area contributed by atoms with E-state index >= 15 is 0 Å². The predicted molar refractivity (Wildman–Crippen MR) is 64.4 cm³/mol. The van der Waals surface area contributed by atoms with E-state index in [0.717, 1.165) is 17.8 Å². The van der Waals surface area contributed by atoms with Gasteiger partial charge in [0.1, 0.15) is 0 Å². The predicted octanol–water partition coefficient (Wildman–Crippen LogP) is 4.89. The first-order valence-corrected chi connectivity index (χ1v) is 6.46. The molecule has 0 bridgehead atoms. The largest absolute Gasteiger partial charge is 0.0651 e. The van der Waals surface area contributed by atoms with Gasteiger partial charge in [-0.2, -0.15) is 0 Å². The van der Waals surface area contributed by atoms with Crippen molar-refractivity contribution in [2.75, 3.05) is 0 Å². The molecule has 1 aliphatic carbocycles. The molecule has 0 heteroatoms. The van der Waals surface area contributed by atoms with Gasteiger partial charge in [-0.15, -0.1) is 0 Å². The minimum absolute atomic E-state index is 0.616. The van der Waals surface area contributed by atoms with E-state index in [0.29, 0.717) is 5.41 Å². The van der Waals surface area contributed by atoms with E-state index in [1.165, 1.54) is 32.1 Å². The van der Waals surface area contributed by atoms with Crippen LogP contribution in [0.4, 0.5) is 0 Å². The molecule has 0 aliphatic heterocycles. The van der Waals surface area contributed by atoms with Crippen molar-refractivity contribution in [3.8, 4) is 0 Å². The molecular weight excluding hydrogens is 168 g/mol. The average Bonchev–Trinajstić information content (AvgIpc) is 2.14. The third-order valence-electron chi connectivity index (χ3n) is 4.53. The van der Waals surface area contributed by atoms with Gasteiger partial charge in [-0.3, -0.25) is 0 Å². The van der Waals surface area contributed by atoms with E-state index in [-0.39, 0.29) is 0 Å². The molecule has 0 saturated heterocycles. The molecule has 0 radical (unpaired) electrons. The zero-order valence-corrected chi connectivity index (χ0v) is 10.8. The second-order valence-corrected chi connectivity index (χ2v) is 6.27. The molecule has 0 aromatic carbocycles. The SMILES string of the molecule is CCC(C)C(C)C1CCCC(C)(C)C1. The Balaban J connectivity index is 2.51. The van der Waals surface area contributed by atoms with Crippen molar-refractivity contribution in [1.29, 1.82) is 0 Å². The van der Waals surface area contributed by atoms with Gasteiger partial charge in [0.15, 0.2) is 0 Å². The van der Waals surface area contributed by atoms with Gasteiger partial charge in [0, 0.05) is 0 Å². The quantitative estimate of drug-likeness (QED) is 0.603. The Kier molecular flexibility index (Phi) is 4.04. The van der Waals surface area contributed by atoms with Crippen molar-refractivity contribution >= 4 is 0 Å². The minimum atomic E-state index is 0.616. The van der Waals surface area contributed by atoms with Gasteiger partial charge in [0.2, 0.25) is 0 Å². The lowest BCUT2D eigenvalue weighted by molar-refractivity contribution is 0.114. The Morgan fingerprint density at radius 2 is 1.93 bits per heavy atom. The molecule has 0 N–H and O–H groups in total. The highest BCUT2D eigenvalue weighted by atomic mass is 14.4. The van der Waals surface area contributed by atoms with E-state index in [1.54, 1.807) is 0 Å². The fraction of sp³-hybridized carbons (Fsp3) is 1.00. The Morgan fingerprint density at radius 3 is 2.43 bits per heavy atom. The van der Waals surface area contributed by atoms with Crippen LogP contribution in [0.3, 0.4) is 0 Å². The van der Waals surface area contributed by atoms with Crippen molar-refractivity contribution in [2.24, 2.45) is 23.2 Å². The van der Waals surface area contributed by atoms with Crippen LogP contribution in [0.25, 0.3) is 0 Å². The van der Waals surface area contributed by atoms with Gasteiger partial charge in [-0.25, -0.2) is 0 Å². The van der Waals surface area contributed by atoms with Crippen molar-refractivity contribution in [3.63, 3.8) is 0 Å². The lowest BCUT2D eigenvalue weighted by Gasteiger charge is -2.39. The molecule has 1 fully saturated rings. The van der Waals surface area contributed by atoms with Gasteiger partial charge < -0.3 is 0 Å². The third kappa shape index (κ3) is 3.00. The van der Waals surface area contributed by atoms with Crippen LogP contribution in [0.1, 0.15) is 66.7 Å². The van der Waals surface area contributed by atoms with E-state index in [4.69, 9.17) is 0 Å². The van der Waals surface area contributed by atoms with Crippen LogP contribution >= 0.6 is 0 Å². The molecular formula is C14H28. The molecule has 3 atom stereocenters. The molecule has 0 aromatic heterocycles. The summed E-state index contributed by atoms with van der Waals surface area (Å²) >= 11 is 0. The molecule has 3 unspecified atom stereocenters. The van der Waals surface area contributed by atoms with E-state index < -0.39 is 0 Å². The highest BCUT2D eigenvalue weighted by Crippen LogP contribution is 2.43. The molecule has 1 saturated carbocycles. The molecule has 0 spiro atoms. The number of hydrogen-bond donors (Lipinski definition) is 0. The van der Waals surface area contributed by atoms with E-state index in [2.05, 4.69) is 34.6 Å². The first-order chi connectivity index (χ1) is 6.46. The summed E-state index contributed by atoms with van der Waals surface area (Å²) < 4.78 is 0. The topological polar surface area (TPSA) is 0 Å². The van der Waals surface area contributed by atoms with Gasteiger partial charge in [0.05, 0.1) is 0 Å². The van der Waals surface area contributed by atoms with E-state index in [9.17, 15) is 0 Å². The monoisotopic (exact) mass is 196 g/mol. The lowest BCUT2D eigenvalue weighted by Crippen LogP contribution is -2.29. The second kappa shape index (κ2) is 4.68. The standard InChI is InChI=1S/C14H28/c1-6-11(2)12(3)13-8-7-9-14(4,5)10-13/h11-13H,6-10H2,1-5H3. The lowest BCUT2D eigenvalue weighted by atomic mass is 9.66. The smallest absolute Gasteiger partial charge is 0.0351 e. The first kappa shape index (κ1) is 12.1. The van der Waals surface area contributed by atoms with Gasteiger partial charge >= 0.3 is 0 Å². The summed E-state index contributed by atoms with van der Waals surface area (Å²) in [5.41, 5.74) is 0.616. The van der Waals surface area contributed by atoms with Crippen LogP contribution < -0.4 is 0 Å². The Labute approximate surface area is 90.5 Å². The third-order valence-corrected chi connectivity index (χ3v) is 4.53. The Morgan fingerprint density at radius 1 is 1.29 bits per heavy atom. The van der Waals surface area contributed by atoms with Crippen molar-refractivity contribution in [2.45, 2.75) is 66.7 Å². The van der Waals surface area contributed by atoms with Gasteiger partial charge in [0.25, 0.3) is 0 Å². The van der Waals surface area contributed by atoms with Crippen LogP contribution in [0.15, 0.2) is 0 Å². The maximum atomic E-state index is 2.47. The summed E-state index contributed by atoms with van der Waals surface area (Å²) in [6, 6.07) is 0. The summed E-state index contributed by atoms with van der Waals surface area (Å²) in [5.74, 6) is 2.84. The highest BCUT2D eigenvalue weighted by molar-refractivity contribution is 4.83. The maximum Gasteiger partial charge on any atom is -0.0351 e. The summed E-state index contributed by atoms with van der Waals surface area (Å²) in [6.45, 7) is 12.1. The van der Waals surface area contributed by atoms with Crippen LogP contribution in [-0.2, 0) is 0 Å². The zero-order chi connectivity index (χ0) is 10.8. The highest BCUT2D eigenvalue weighted by Gasteiger charge is 2.32. The van der Waals surface area contributed by atoms with Crippen LogP contribution in [0.5, 0.6) is 0 Å². The van der Waals surface area contributed by atoms with Crippen molar-refractivity contribution in [1.82, 2.24) is 0 Å². The number of hydrogen-bond acceptors (Lipinski definition) is 0. The molecule has 0 heterocycles. The fourth-order valence-corrected chi connectivity index (χ4v) is 3.04. The molecule has 0 nitrogen and oxygen atoms in total.